The van der Waals surface area contributed by atoms with Gasteiger partial charge in [-0.25, -0.2) is 0 Å². The van der Waals surface area contributed by atoms with Crippen LogP contribution in [0.15, 0.2) is 0 Å². The van der Waals surface area contributed by atoms with Crippen LogP contribution in [0, 0.1) is 5.92 Å². The molecule has 96 valence electrons. The number of hydrogen-bond donors (Lipinski definition) is 1. The Morgan fingerprint density at radius 3 is 2.25 bits per heavy atom. The van der Waals surface area contributed by atoms with E-state index >= 15 is 0 Å². The molecule has 0 spiro atoms. The van der Waals surface area contributed by atoms with Crippen molar-refractivity contribution in [3.05, 3.63) is 0 Å². The minimum atomic E-state index is -0.362. The van der Waals surface area contributed by atoms with Gasteiger partial charge in [0, 0.05) is 13.1 Å². The zero-order valence-electron chi connectivity index (χ0n) is 10.6. The zero-order chi connectivity index (χ0) is 11.4. The van der Waals surface area contributed by atoms with Gasteiger partial charge in [-0.15, -0.1) is 12.4 Å². The lowest BCUT2D eigenvalue weighted by atomic mass is 9.84. The van der Waals surface area contributed by atoms with E-state index in [1.165, 1.54) is 19.3 Å². The highest BCUT2D eigenvalue weighted by Crippen LogP contribution is 2.28. The van der Waals surface area contributed by atoms with Crippen LogP contribution in [0.5, 0.6) is 0 Å². The molecule has 0 aromatic heterocycles. The van der Waals surface area contributed by atoms with E-state index in [4.69, 9.17) is 5.73 Å². The third kappa shape index (κ3) is 3.95. The van der Waals surface area contributed by atoms with Crippen LogP contribution in [-0.2, 0) is 4.79 Å². The summed E-state index contributed by atoms with van der Waals surface area (Å²) in [6, 6.07) is 0.0604. The maximum absolute atomic E-state index is 11.7. The van der Waals surface area contributed by atoms with Crippen LogP contribution >= 0.6 is 12.4 Å². The molecule has 1 aliphatic carbocycles. The van der Waals surface area contributed by atoms with Gasteiger partial charge in [0.15, 0.2) is 0 Å². The molecule has 1 aliphatic rings. The van der Waals surface area contributed by atoms with Gasteiger partial charge in [0.2, 0.25) is 5.91 Å². The highest BCUT2D eigenvalue weighted by molar-refractivity contribution is 5.85. The molecule has 4 heteroatoms. The second-order valence-electron chi connectivity index (χ2n) is 4.82. The monoisotopic (exact) mass is 248 g/mol. The smallest absolute Gasteiger partial charge is 0.239 e. The molecule has 2 N–H and O–H groups in total. The van der Waals surface area contributed by atoms with Gasteiger partial charge in [-0.1, -0.05) is 13.3 Å². The van der Waals surface area contributed by atoms with Gasteiger partial charge in [0.1, 0.15) is 0 Å². The van der Waals surface area contributed by atoms with Crippen molar-refractivity contribution < 1.29 is 4.79 Å². The number of amides is 1. The van der Waals surface area contributed by atoms with Gasteiger partial charge in [0.25, 0.3) is 0 Å². The van der Waals surface area contributed by atoms with Crippen LogP contribution < -0.4 is 5.73 Å². The lowest BCUT2D eigenvalue weighted by Gasteiger charge is -2.35. The minimum Gasteiger partial charge on any atom is -0.341 e. The van der Waals surface area contributed by atoms with Crippen LogP contribution in [0.1, 0.15) is 46.0 Å². The Morgan fingerprint density at radius 2 is 1.88 bits per heavy atom. The Bertz CT molecular complexity index is 213. The molecule has 1 rings (SSSR count). The fourth-order valence-corrected chi connectivity index (χ4v) is 2.44. The largest absolute Gasteiger partial charge is 0.341 e. The Morgan fingerprint density at radius 1 is 1.38 bits per heavy atom. The van der Waals surface area contributed by atoms with Crippen molar-refractivity contribution in [2.45, 2.75) is 58.0 Å². The van der Waals surface area contributed by atoms with Gasteiger partial charge in [-0.05, 0) is 38.5 Å². The lowest BCUT2D eigenvalue weighted by Crippen LogP contribution is -2.46. The van der Waals surface area contributed by atoms with Gasteiger partial charge in [-0.2, -0.15) is 0 Å². The van der Waals surface area contributed by atoms with Crippen molar-refractivity contribution in [2.75, 3.05) is 7.05 Å². The van der Waals surface area contributed by atoms with Gasteiger partial charge in [0.05, 0.1) is 6.04 Å². The fraction of sp³-hybridized carbons (Fsp3) is 0.917. The first kappa shape index (κ1) is 15.7. The summed E-state index contributed by atoms with van der Waals surface area (Å²) in [7, 11) is 1.89. The van der Waals surface area contributed by atoms with Crippen molar-refractivity contribution in [1.29, 1.82) is 0 Å². The molecule has 0 unspecified atom stereocenters. The van der Waals surface area contributed by atoms with E-state index in [-0.39, 0.29) is 24.4 Å². The second kappa shape index (κ2) is 7.13. The number of halogens is 1. The van der Waals surface area contributed by atoms with E-state index in [0.29, 0.717) is 6.04 Å². The molecule has 3 nitrogen and oxygen atoms in total. The predicted octanol–water partition coefficient (Wildman–Crippen LogP) is 2.18. The van der Waals surface area contributed by atoms with E-state index in [2.05, 4.69) is 6.92 Å². The van der Waals surface area contributed by atoms with E-state index in [1.807, 2.05) is 11.9 Å². The molecule has 0 radical (unpaired) electrons. The maximum Gasteiger partial charge on any atom is 0.239 e. The summed E-state index contributed by atoms with van der Waals surface area (Å²) in [5.41, 5.74) is 5.61. The highest BCUT2D eigenvalue weighted by Gasteiger charge is 2.26. The fourth-order valence-electron chi connectivity index (χ4n) is 2.44. The van der Waals surface area contributed by atoms with Crippen LogP contribution in [0.2, 0.25) is 0 Å². The normalized spacial score (nSPS) is 26.8. The van der Waals surface area contributed by atoms with Crippen LogP contribution in [0.3, 0.4) is 0 Å². The number of nitrogens with zero attached hydrogens (tertiary/aromatic N) is 1. The van der Waals surface area contributed by atoms with E-state index in [1.54, 1.807) is 6.92 Å². The summed E-state index contributed by atoms with van der Waals surface area (Å²) in [6.07, 6.45) is 6.09. The molecular weight excluding hydrogens is 224 g/mol. The van der Waals surface area contributed by atoms with Crippen molar-refractivity contribution in [1.82, 2.24) is 4.90 Å². The summed E-state index contributed by atoms with van der Waals surface area (Å²) in [5.74, 6) is 0.954. The third-order valence-electron chi connectivity index (χ3n) is 3.68. The van der Waals surface area contributed by atoms with Gasteiger partial charge >= 0.3 is 0 Å². The minimum absolute atomic E-state index is 0. The lowest BCUT2D eigenvalue weighted by molar-refractivity contribution is -0.133. The average molecular weight is 249 g/mol. The summed E-state index contributed by atoms with van der Waals surface area (Å²) in [5, 5.41) is 0. The standard InChI is InChI=1S/C12H24N2O.ClH/c1-4-10-5-7-11(8-6-10)14(3)12(15)9(2)13;/h9-11H,4-8,13H2,1-3H3;1H/t9-,10?,11?;/m1./s1. The summed E-state index contributed by atoms with van der Waals surface area (Å²) in [4.78, 5) is 13.6. The molecule has 0 aliphatic heterocycles. The number of nitrogens with two attached hydrogens (primary N) is 1. The molecule has 0 aromatic carbocycles. The number of carbonyl (C=O) groups is 1. The summed E-state index contributed by atoms with van der Waals surface area (Å²) < 4.78 is 0. The molecule has 0 saturated heterocycles. The molecular formula is C12H25ClN2O. The number of hydrogen-bond acceptors (Lipinski definition) is 2. The molecule has 16 heavy (non-hydrogen) atoms. The zero-order valence-corrected chi connectivity index (χ0v) is 11.4. The SMILES string of the molecule is CCC1CCC(N(C)C(=O)[C@@H](C)N)CC1.Cl. The van der Waals surface area contributed by atoms with Crippen molar-refractivity contribution in [3.8, 4) is 0 Å². The van der Waals surface area contributed by atoms with Crippen molar-refractivity contribution in [3.63, 3.8) is 0 Å². The Kier molecular flexibility index (Phi) is 7.00. The molecule has 1 fully saturated rings. The summed E-state index contributed by atoms with van der Waals surface area (Å²) >= 11 is 0. The Hall–Kier alpha value is -0.280. The first-order chi connectivity index (χ1) is 7.06. The van der Waals surface area contributed by atoms with Gasteiger partial charge < -0.3 is 10.6 Å². The van der Waals surface area contributed by atoms with E-state index in [9.17, 15) is 4.79 Å². The molecule has 1 atom stereocenters. The van der Waals surface area contributed by atoms with Crippen LogP contribution in [0.25, 0.3) is 0 Å². The van der Waals surface area contributed by atoms with Crippen LogP contribution in [0.4, 0.5) is 0 Å². The van der Waals surface area contributed by atoms with Crippen molar-refractivity contribution in [2.24, 2.45) is 11.7 Å². The molecule has 0 bridgehead atoms. The molecule has 0 heterocycles. The third-order valence-corrected chi connectivity index (χ3v) is 3.68. The first-order valence-electron chi connectivity index (χ1n) is 6.08. The van der Waals surface area contributed by atoms with Gasteiger partial charge in [-0.3, -0.25) is 4.79 Å². The highest BCUT2D eigenvalue weighted by atomic mass is 35.5. The number of carbonyl (C=O) groups excluding carboxylic acids is 1. The second-order valence-corrected chi connectivity index (χ2v) is 4.82. The topological polar surface area (TPSA) is 46.3 Å². The first-order valence-corrected chi connectivity index (χ1v) is 6.08. The predicted molar refractivity (Wildman–Crippen MR) is 69.7 cm³/mol. The van der Waals surface area contributed by atoms with E-state index < -0.39 is 0 Å². The maximum atomic E-state index is 11.7. The number of rotatable bonds is 3. The average Bonchev–Trinajstić information content (AvgIpc) is 2.27. The van der Waals surface area contributed by atoms with Crippen LogP contribution in [-0.4, -0.2) is 29.9 Å². The molecule has 1 amide bonds. The quantitative estimate of drug-likeness (QED) is 0.832. The molecule has 1 saturated carbocycles. The van der Waals surface area contributed by atoms with Crippen molar-refractivity contribution >= 4 is 18.3 Å². The Balaban J connectivity index is 0.00000225. The summed E-state index contributed by atoms with van der Waals surface area (Å²) in [6.45, 7) is 4.01. The Labute approximate surface area is 105 Å². The molecule has 0 aromatic rings. The van der Waals surface area contributed by atoms with E-state index in [0.717, 1.165) is 18.8 Å². The number of likely N-dealkylation sites (N-methyl/N-ethyl adjacent to an activating group) is 1.